The van der Waals surface area contributed by atoms with E-state index < -0.39 is 5.66 Å². The van der Waals surface area contributed by atoms with Gasteiger partial charge in [-0.2, -0.15) is 0 Å². The van der Waals surface area contributed by atoms with E-state index in [4.69, 9.17) is 15.7 Å². The molecule has 0 aromatic heterocycles. The number of aliphatic imine (C=N–C) groups is 2. The van der Waals surface area contributed by atoms with Gasteiger partial charge in [-0.25, -0.2) is 9.98 Å². The van der Waals surface area contributed by atoms with Crippen molar-refractivity contribution >= 4 is 38.6 Å². The molecule has 136 valence electrons. The first-order chi connectivity index (χ1) is 11.8. The lowest BCUT2D eigenvalue weighted by Gasteiger charge is -2.44. The largest absolute Gasteiger partial charge is 0.382 e. The molecule has 0 aliphatic carbocycles. The molecule has 0 bridgehead atoms. The molecule has 1 aromatic carbocycles. The van der Waals surface area contributed by atoms with Gasteiger partial charge in [0.15, 0.2) is 11.5 Å². The van der Waals surface area contributed by atoms with Crippen LogP contribution in [0.5, 0.6) is 0 Å². The fraction of sp³-hybridized carbons (Fsp3) is 0.579. The number of nitrogens with zero attached hydrogens (tertiary/aromatic N) is 3. The van der Waals surface area contributed by atoms with Crippen molar-refractivity contribution in [1.82, 2.24) is 4.90 Å². The Kier molecular flexibility index (Phi) is 5.33. The average Bonchev–Trinajstić information content (AvgIpc) is 2.92. The molecule has 1 fully saturated rings. The summed E-state index contributed by atoms with van der Waals surface area (Å²) in [6.45, 7) is 9.00. The van der Waals surface area contributed by atoms with Crippen molar-refractivity contribution in [2.24, 2.45) is 21.6 Å². The second kappa shape index (κ2) is 7.05. The van der Waals surface area contributed by atoms with Gasteiger partial charge in [0, 0.05) is 21.5 Å². The van der Waals surface area contributed by atoms with Gasteiger partial charge >= 0.3 is 0 Å². The standard InChI is InChI=1S/C19H27BrN4S/c1-18(2,3)24-10-8-13(9-11-24)19(14-6-5-7-15(20)12-14)22-16(21)17(23-19)25-4/h5-7,12-13H,8-11H2,1-4H3,(H2,21,22). The summed E-state index contributed by atoms with van der Waals surface area (Å²) >= 11 is 5.18. The van der Waals surface area contributed by atoms with E-state index in [1.165, 1.54) is 0 Å². The maximum Gasteiger partial charge on any atom is 0.182 e. The number of piperidine rings is 1. The number of benzene rings is 1. The van der Waals surface area contributed by atoms with Gasteiger partial charge in [0.05, 0.1) is 0 Å². The van der Waals surface area contributed by atoms with Crippen LogP contribution in [-0.4, -0.2) is 40.7 Å². The number of rotatable bonds is 2. The number of hydrogen-bond donors (Lipinski definition) is 1. The second-order valence-corrected chi connectivity index (χ2v) is 9.50. The van der Waals surface area contributed by atoms with Crippen LogP contribution in [0.25, 0.3) is 0 Å². The van der Waals surface area contributed by atoms with Gasteiger partial charge in [0.25, 0.3) is 0 Å². The van der Waals surface area contributed by atoms with Gasteiger partial charge in [-0.15, -0.1) is 11.8 Å². The lowest BCUT2D eigenvalue weighted by molar-refractivity contribution is 0.0644. The Bertz CT molecular complexity index is 702. The lowest BCUT2D eigenvalue weighted by atomic mass is 9.79. The highest BCUT2D eigenvalue weighted by atomic mass is 79.9. The molecular weight excluding hydrogens is 396 g/mol. The number of amidine groups is 1. The smallest absolute Gasteiger partial charge is 0.182 e. The van der Waals surface area contributed by atoms with E-state index in [1.807, 2.05) is 12.3 Å². The molecule has 0 saturated carbocycles. The monoisotopic (exact) mass is 422 g/mol. The highest BCUT2D eigenvalue weighted by molar-refractivity contribution is 9.10. The van der Waals surface area contributed by atoms with Gasteiger partial charge in [0.1, 0.15) is 5.04 Å². The first-order valence-electron chi connectivity index (χ1n) is 8.77. The van der Waals surface area contributed by atoms with Crippen LogP contribution >= 0.6 is 27.7 Å². The zero-order chi connectivity index (χ0) is 18.2. The highest BCUT2D eigenvalue weighted by Gasteiger charge is 2.46. The predicted molar refractivity (Wildman–Crippen MR) is 112 cm³/mol. The summed E-state index contributed by atoms with van der Waals surface area (Å²) in [5, 5.41) is 0.859. The SMILES string of the molecule is CSC1=NC(c2cccc(Br)c2)(C2CCN(C(C)(C)C)CC2)N=C1N. The molecule has 1 unspecified atom stereocenters. The Labute approximate surface area is 163 Å². The second-order valence-electron chi connectivity index (χ2n) is 7.79. The summed E-state index contributed by atoms with van der Waals surface area (Å²) in [6.07, 6.45) is 4.16. The maximum absolute atomic E-state index is 6.22. The number of thioether (sulfide) groups is 1. The van der Waals surface area contributed by atoms with Gasteiger partial charge in [-0.1, -0.05) is 28.1 Å². The minimum atomic E-state index is -0.573. The van der Waals surface area contributed by atoms with Gasteiger partial charge in [-0.05, 0) is 65.1 Å². The molecule has 1 aromatic rings. The van der Waals surface area contributed by atoms with E-state index >= 15 is 0 Å². The summed E-state index contributed by atoms with van der Waals surface area (Å²) in [5.41, 5.74) is 6.98. The Morgan fingerprint density at radius 3 is 2.44 bits per heavy atom. The number of halogens is 1. The zero-order valence-corrected chi connectivity index (χ0v) is 17.8. The van der Waals surface area contributed by atoms with Crippen molar-refractivity contribution in [2.75, 3.05) is 19.3 Å². The molecular formula is C19H27BrN4S. The van der Waals surface area contributed by atoms with Gasteiger partial charge in [-0.3, -0.25) is 4.90 Å². The molecule has 4 nitrogen and oxygen atoms in total. The molecule has 1 saturated heterocycles. The van der Waals surface area contributed by atoms with Crippen molar-refractivity contribution in [2.45, 2.75) is 44.8 Å². The third kappa shape index (κ3) is 3.67. The molecule has 2 aliphatic rings. The molecule has 2 aliphatic heterocycles. The van der Waals surface area contributed by atoms with Gasteiger partial charge in [0.2, 0.25) is 0 Å². The molecule has 0 spiro atoms. The Morgan fingerprint density at radius 1 is 1.24 bits per heavy atom. The van der Waals surface area contributed by atoms with E-state index in [9.17, 15) is 0 Å². The van der Waals surface area contributed by atoms with Crippen LogP contribution in [0.15, 0.2) is 38.7 Å². The lowest BCUT2D eigenvalue weighted by Crippen LogP contribution is -2.49. The van der Waals surface area contributed by atoms with Crippen LogP contribution in [0.4, 0.5) is 0 Å². The van der Waals surface area contributed by atoms with E-state index in [0.29, 0.717) is 11.8 Å². The van der Waals surface area contributed by atoms with E-state index in [0.717, 1.165) is 41.0 Å². The molecule has 0 amide bonds. The van der Waals surface area contributed by atoms with Crippen LogP contribution in [0.1, 0.15) is 39.2 Å². The number of hydrogen-bond acceptors (Lipinski definition) is 5. The zero-order valence-electron chi connectivity index (χ0n) is 15.4. The maximum atomic E-state index is 6.22. The third-order valence-electron chi connectivity index (χ3n) is 5.24. The topological polar surface area (TPSA) is 54.0 Å². The van der Waals surface area contributed by atoms with Crippen molar-refractivity contribution < 1.29 is 0 Å². The molecule has 25 heavy (non-hydrogen) atoms. The Hall–Kier alpha value is -0.850. The van der Waals surface area contributed by atoms with E-state index in [2.05, 4.69) is 59.8 Å². The Balaban J connectivity index is 1.97. The number of nitrogens with two attached hydrogens (primary N) is 1. The first kappa shape index (κ1) is 18.9. The van der Waals surface area contributed by atoms with Crippen molar-refractivity contribution in [3.63, 3.8) is 0 Å². The normalized spacial score (nSPS) is 25.8. The number of likely N-dealkylation sites (tertiary alicyclic amines) is 1. The summed E-state index contributed by atoms with van der Waals surface area (Å²) < 4.78 is 1.05. The van der Waals surface area contributed by atoms with Crippen LogP contribution in [-0.2, 0) is 5.66 Å². The van der Waals surface area contributed by atoms with Crippen molar-refractivity contribution in [3.05, 3.63) is 34.3 Å². The van der Waals surface area contributed by atoms with Crippen LogP contribution in [0, 0.1) is 5.92 Å². The van der Waals surface area contributed by atoms with E-state index in [1.54, 1.807) is 11.8 Å². The Morgan fingerprint density at radius 2 is 1.92 bits per heavy atom. The molecule has 0 radical (unpaired) electrons. The summed E-state index contributed by atoms with van der Waals surface area (Å²) in [7, 11) is 0. The summed E-state index contributed by atoms with van der Waals surface area (Å²) in [4.78, 5) is 12.5. The predicted octanol–water partition coefficient (Wildman–Crippen LogP) is 4.24. The summed E-state index contributed by atoms with van der Waals surface area (Å²) in [6, 6.07) is 8.37. The quantitative estimate of drug-likeness (QED) is 0.774. The van der Waals surface area contributed by atoms with Crippen molar-refractivity contribution in [3.8, 4) is 0 Å². The molecule has 2 N–H and O–H groups in total. The molecule has 6 heteroatoms. The van der Waals surface area contributed by atoms with E-state index in [-0.39, 0.29) is 5.54 Å². The summed E-state index contributed by atoms with van der Waals surface area (Å²) in [5.74, 6) is 0.939. The van der Waals surface area contributed by atoms with Crippen LogP contribution < -0.4 is 5.73 Å². The van der Waals surface area contributed by atoms with Crippen LogP contribution in [0.3, 0.4) is 0 Å². The fourth-order valence-electron chi connectivity index (χ4n) is 3.84. The van der Waals surface area contributed by atoms with Crippen molar-refractivity contribution in [1.29, 1.82) is 0 Å². The minimum absolute atomic E-state index is 0.208. The first-order valence-corrected chi connectivity index (χ1v) is 10.8. The average molecular weight is 423 g/mol. The van der Waals surface area contributed by atoms with Crippen LogP contribution in [0.2, 0.25) is 0 Å². The molecule has 1 atom stereocenters. The highest BCUT2D eigenvalue weighted by Crippen LogP contribution is 2.45. The molecule has 2 heterocycles. The third-order valence-corrected chi connectivity index (χ3v) is 6.42. The molecule has 3 rings (SSSR count). The van der Waals surface area contributed by atoms with Gasteiger partial charge < -0.3 is 5.73 Å². The fourth-order valence-corrected chi connectivity index (χ4v) is 4.72. The minimum Gasteiger partial charge on any atom is -0.382 e.